The first-order chi connectivity index (χ1) is 15.3. The number of benzene rings is 2. The van der Waals surface area contributed by atoms with Crippen LogP contribution in [0.15, 0.2) is 70.0 Å². The van der Waals surface area contributed by atoms with Crippen molar-refractivity contribution in [3.05, 3.63) is 92.6 Å². The highest BCUT2D eigenvalue weighted by atomic mass is 32.2. The van der Waals surface area contributed by atoms with E-state index in [1.54, 1.807) is 61.5 Å². The monoisotopic (exact) mass is 448 g/mol. The number of nitro groups is 1. The SMILES string of the molecule is Cc1ccc(-c2ccc(/C=C3/SC(=O)N(CC(=O)c4ccccc4)C3=O)o2)c([N+](=O)[O-])c1. The van der Waals surface area contributed by atoms with Gasteiger partial charge >= 0.3 is 0 Å². The van der Waals surface area contributed by atoms with Gasteiger partial charge in [-0.05, 0) is 42.4 Å². The minimum Gasteiger partial charge on any atom is -0.456 e. The van der Waals surface area contributed by atoms with E-state index in [9.17, 15) is 24.5 Å². The summed E-state index contributed by atoms with van der Waals surface area (Å²) in [5, 5.41) is 10.8. The molecule has 0 saturated carbocycles. The van der Waals surface area contributed by atoms with Crippen molar-refractivity contribution in [2.45, 2.75) is 6.92 Å². The zero-order valence-electron chi connectivity index (χ0n) is 16.8. The molecule has 0 spiro atoms. The molecule has 4 rings (SSSR count). The topological polar surface area (TPSA) is 111 Å². The lowest BCUT2D eigenvalue weighted by molar-refractivity contribution is -0.384. The first-order valence-electron chi connectivity index (χ1n) is 9.52. The molecule has 2 aromatic carbocycles. The number of thioether (sulfide) groups is 1. The van der Waals surface area contributed by atoms with Crippen molar-refractivity contribution in [3.8, 4) is 11.3 Å². The Kier molecular flexibility index (Phi) is 5.74. The standard InChI is InChI=1S/C23H16N2O6S/c1-14-7-9-17(18(11-14)25(29)30)20-10-8-16(31-20)12-21-22(27)24(23(28)32-21)13-19(26)15-5-3-2-4-6-15/h2-12H,13H2,1H3/b21-12+. The first-order valence-corrected chi connectivity index (χ1v) is 10.3. The Morgan fingerprint density at radius 3 is 2.59 bits per heavy atom. The smallest absolute Gasteiger partial charge is 0.293 e. The van der Waals surface area contributed by atoms with Crippen molar-refractivity contribution in [1.82, 2.24) is 4.90 Å². The number of amides is 2. The van der Waals surface area contributed by atoms with E-state index in [1.807, 2.05) is 0 Å². The Balaban J connectivity index is 1.55. The van der Waals surface area contributed by atoms with Crippen molar-refractivity contribution < 1.29 is 23.7 Å². The predicted molar refractivity (Wildman–Crippen MR) is 119 cm³/mol. The van der Waals surface area contributed by atoms with Crippen LogP contribution in [0.3, 0.4) is 0 Å². The second kappa shape index (κ2) is 8.64. The maximum Gasteiger partial charge on any atom is 0.293 e. The summed E-state index contributed by atoms with van der Waals surface area (Å²) in [5.74, 6) is -0.416. The van der Waals surface area contributed by atoms with E-state index in [0.717, 1.165) is 10.5 Å². The number of ketones is 1. The van der Waals surface area contributed by atoms with Crippen LogP contribution in [-0.2, 0) is 4.79 Å². The number of aryl methyl sites for hydroxylation is 1. The van der Waals surface area contributed by atoms with Crippen molar-refractivity contribution >= 4 is 40.5 Å². The number of hydrogen-bond donors (Lipinski definition) is 0. The molecule has 1 aliphatic rings. The maximum atomic E-state index is 12.7. The van der Waals surface area contributed by atoms with Crippen molar-refractivity contribution in [2.75, 3.05) is 6.54 Å². The summed E-state index contributed by atoms with van der Waals surface area (Å²) in [6.07, 6.45) is 1.39. The fraction of sp³-hybridized carbons (Fsp3) is 0.0870. The number of nitrogens with zero attached hydrogens (tertiary/aromatic N) is 2. The third-order valence-corrected chi connectivity index (χ3v) is 5.69. The molecule has 0 radical (unpaired) electrons. The Morgan fingerprint density at radius 1 is 1.12 bits per heavy atom. The van der Waals surface area contributed by atoms with E-state index in [0.29, 0.717) is 22.9 Å². The average molecular weight is 448 g/mol. The fourth-order valence-electron chi connectivity index (χ4n) is 3.20. The molecular weight excluding hydrogens is 432 g/mol. The van der Waals surface area contributed by atoms with Crippen LogP contribution in [0.4, 0.5) is 10.5 Å². The third-order valence-electron chi connectivity index (χ3n) is 4.79. The number of Topliss-reactive ketones (excluding diaryl/α,β-unsaturated/α-hetero) is 1. The molecule has 1 saturated heterocycles. The summed E-state index contributed by atoms with van der Waals surface area (Å²) in [7, 11) is 0. The van der Waals surface area contributed by atoms with Gasteiger partial charge in [-0.25, -0.2) is 0 Å². The van der Waals surface area contributed by atoms with Crippen LogP contribution >= 0.6 is 11.8 Å². The summed E-state index contributed by atoms with van der Waals surface area (Å²) in [6.45, 7) is 1.40. The van der Waals surface area contributed by atoms with Crippen LogP contribution in [0, 0.1) is 17.0 Å². The molecule has 9 heteroatoms. The molecule has 3 aromatic rings. The molecular formula is C23H16N2O6S. The lowest BCUT2D eigenvalue weighted by atomic mass is 10.1. The number of hydrogen-bond acceptors (Lipinski definition) is 7. The highest BCUT2D eigenvalue weighted by molar-refractivity contribution is 8.18. The van der Waals surface area contributed by atoms with E-state index in [4.69, 9.17) is 4.42 Å². The van der Waals surface area contributed by atoms with Gasteiger partial charge in [0.2, 0.25) is 0 Å². The van der Waals surface area contributed by atoms with Crippen LogP contribution in [-0.4, -0.2) is 33.3 Å². The van der Waals surface area contributed by atoms with Gasteiger partial charge in [0, 0.05) is 17.7 Å². The molecule has 1 fully saturated rings. The van der Waals surface area contributed by atoms with Gasteiger partial charge in [0.05, 0.1) is 21.9 Å². The van der Waals surface area contributed by atoms with E-state index < -0.39 is 16.1 Å². The Labute approximate surface area is 186 Å². The number of rotatable bonds is 6. The summed E-state index contributed by atoms with van der Waals surface area (Å²) in [4.78, 5) is 49.2. The van der Waals surface area contributed by atoms with Crippen LogP contribution in [0.1, 0.15) is 21.7 Å². The number of carbonyl (C=O) groups is 3. The molecule has 1 aromatic heterocycles. The lowest BCUT2D eigenvalue weighted by Crippen LogP contribution is -2.33. The first kappa shape index (κ1) is 21.3. The molecule has 1 aliphatic heterocycles. The van der Waals surface area contributed by atoms with E-state index in [-0.39, 0.29) is 34.4 Å². The number of nitro benzene ring substituents is 1. The highest BCUT2D eigenvalue weighted by Gasteiger charge is 2.36. The minimum absolute atomic E-state index is 0.0920. The van der Waals surface area contributed by atoms with E-state index in [2.05, 4.69) is 0 Å². The van der Waals surface area contributed by atoms with Gasteiger partial charge in [-0.1, -0.05) is 36.4 Å². The fourth-order valence-corrected chi connectivity index (χ4v) is 4.02. The largest absolute Gasteiger partial charge is 0.456 e. The maximum absolute atomic E-state index is 12.7. The summed E-state index contributed by atoms with van der Waals surface area (Å²) in [5.41, 5.74) is 1.37. The molecule has 0 bridgehead atoms. The predicted octanol–water partition coefficient (Wildman–Crippen LogP) is 5.08. The second-order valence-corrected chi connectivity index (χ2v) is 8.03. The second-order valence-electron chi connectivity index (χ2n) is 7.04. The van der Waals surface area contributed by atoms with Crippen molar-refractivity contribution in [2.24, 2.45) is 0 Å². The lowest BCUT2D eigenvalue weighted by Gasteiger charge is -2.11. The molecule has 0 aliphatic carbocycles. The molecule has 0 N–H and O–H groups in total. The summed E-state index contributed by atoms with van der Waals surface area (Å²) in [6, 6.07) is 16.3. The van der Waals surface area contributed by atoms with E-state index >= 15 is 0 Å². The van der Waals surface area contributed by atoms with E-state index in [1.165, 1.54) is 12.1 Å². The molecule has 32 heavy (non-hydrogen) atoms. The molecule has 2 amide bonds. The quantitative estimate of drug-likeness (QED) is 0.224. The van der Waals surface area contributed by atoms with Crippen LogP contribution < -0.4 is 0 Å². The average Bonchev–Trinajstić information content (AvgIpc) is 3.34. The van der Waals surface area contributed by atoms with Gasteiger partial charge in [0.15, 0.2) is 5.78 Å². The van der Waals surface area contributed by atoms with Gasteiger partial charge in [-0.15, -0.1) is 0 Å². The van der Waals surface area contributed by atoms with Crippen molar-refractivity contribution in [3.63, 3.8) is 0 Å². The van der Waals surface area contributed by atoms with Gasteiger partial charge in [-0.3, -0.25) is 29.4 Å². The van der Waals surface area contributed by atoms with Crippen molar-refractivity contribution in [1.29, 1.82) is 0 Å². The van der Waals surface area contributed by atoms with Gasteiger partial charge in [0.1, 0.15) is 11.5 Å². The Morgan fingerprint density at radius 2 is 1.88 bits per heavy atom. The number of furan rings is 1. The molecule has 8 nitrogen and oxygen atoms in total. The molecule has 0 unspecified atom stereocenters. The zero-order valence-corrected chi connectivity index (χ0v) is 17.6. The van der Waals surface area contributed by atoms with Gasteiger partial charge in [-0.2, -0.15) is 0 Å². The zero-order chi connectivity index (χ0) is 22.8. The Bertz CT molecular complexity index is 1280. The minimum atomic E-state index is -0.594. The summed E-state index contributed by atoms with van der Waals surface area (Å²) < 4.78 is 5.69. The Hall–Kier alpha value is -3.98. The van der Waals surface area contributed by atoms with Gasteiger partial charge < -0.3 is 4.42 Å². The molecule has 0 atom stereocenters. The third kappa shape index (κ3) is 4.23. The molecule has 2 heterocycles. The van der Waals surface area contributed by atoms with Gasteiger partial charge in [0.25, 0.3) is 16.8 Å². The number of imide groups is 1. The number of carbonyl (C=O) groups excluding carboxylic acids is 3. The normalized spacial score (nSPS) is 14.9. The van der Waals surface area contributed by atoms with Crippen LogP contribution in [0.5, 0.6) is 0 Å². The molecule has 160 valence electrons. The highest BCUT2D eigenvalue weighted by Crippen LogP contribution is 2.35. The van der Waals surface area contributed by atoms with Crippen LogP contribution in [0.2, 0.25) is 0 Å². The van der Waals surface area contributed by atoms with Crippen LogP contribution in [0.25, 0.3) is 17.4 Å². The summed E-state index contributed by atoms with van der Waals surface area (Å²) >= 11 is 0.707.